The SMILES string of the molecule is CC(C)C1CCN(C(=O)CC2CCNC2)CC1.Cl. The first-order valence-electron chi connectivity index (χ1n) is 7.15. The number of nitrogens with one attached hydrogen (secondary N) is 1. The number of carbonyl (C=O) groups excluding carboxylic acids is 1. The van der Waals surface area contributed by atoms with Crippen LogP contribution >= 0.6 is 12.4 Å². The summed E-state index contributed by atoms with van der Waals surface area (Å²) in [5.41, 5.74) is 0. The maximum Gasteiger partial charge on any atom is 0.222 e. The summed E-state index contributed by atoms with van der Waals surface area (Å²) in [6.45, 7) is 8.70. The number of nitrogens with zero attached hydrogens (tertiary/aromatic N) is 1. The Morgan fingerprint density at radius 1 is 1.28 bits per heavy atom. The summed E-state index contributed by atoms with van der Waals surface area (Å²) >= 11 is 0. The van der Waals surface area contributed by atoms with E-state index in [1.54, 1.807) is 0 Å². The minimum absolute atomic E-state index is 0. The van der Waals surface area contributed by atoms with Crippen molar-refractivity contribution in [3.8, 4) is 0 Å². The van der Waals surface area contributed by atoms with Gasteiger partial charge in [-0.15, -0.1) is 12.4 Å². The van der Waals surface area contributed by atoms with Gasteiger partial charge in [0.25, 0.3) is 0 Å². The van der Waals surface area contributed by atoms with E-state index in [1.165, 1.54) is 19.3 Å². The standard InChI is InChI=1S/C14H26N2O.ClH/c1-11(2)13-4-7-16(8-5-13)14(17)9-12-3-6-15-10-12;/h11-13,15H,3-10H2,1-2H3;1H. The van der Waals surface area contributed by atoms with Crippen molar-refractivity contribution in [3.63, 3.8) is 0 Å². The molecule has 1 unspecified atom stereocenters. The van der Waals surface area contributed by atoms with Crippen LogP contribution in [-0.2, 0) is 4.79 Å². The fourth-order valence-electron chi connectivity index (χ4n) is 3.08. The van der Waals surface area contributed by atoms with Gasteiger partial charge >= 0.3 is 0 Å². The molecule has 3 nitrogen and oxygen atoms in total. The molecular weight excluding hydrogens is 248 g/mol. The van der Waals surface area contributed by atoms with Crippen molar-refractivity contribution in [2.45, 2.75) is 39.5 Å². The molecular formula is C14H27ClN2O. The first-order chi connectivity index (χ1) is 8.16. The minimum atomic E-state index is 0. The summed E-state index contributed by atoms with van der Waals surface area (Å²) in [5, 5.41) is 3.33. The average Bonchev–Trinajstić information content (AvgIpc) is 2.82. The molecule has 0 aliphatic carbocycles. The minimum Gasteiger partial charge on any atom is -0.343 e. The molecule has 2 rings (SSSR count). The summed E-state index contributed by atoms with van der Waals surface area (Å²) in [7, 11) is 0. The molecule has 1 atom stereocenters. The smallest absolute Gasteiger partial charge is 0.222 e. The second-order valence-electron chi connectivity index (χ2n) is 6.03. The van der Waals surface area contributed by atoms with E-state index in [-0.39, 0.29) is 12.4 Å². The highest BCUT2D eigenvalue weighted by Gasteiger charge is 2.26. The van der Waals surface area contributed by atoms with Crippen molar-refractivity contribution < 1.29 is 4.79 Å². The van der Waals surface area contributed by atoms with E-state index < -0.39 is 0 Å². The molecule has 0 radical (unpaired) electrons. The third kappa shape index (κ3) is 4.13. The van der Waals surface area contributed by atoms with Gasteiger partial charge in [-0.05, 0) is 50.1 Å². The molecule has 0 saturated carbocycles. The lowest BCUT2D eigenvalue weighted by atomic mass is 9.86. The van der Waals surface area contributed by atoms with Gasteiger partial charge in [0.1, 0.15) is 0 Å². The number of likely N-dealkylation sites (tertiary alicyclic amines) is 1. The largest absolute Gasteiger partial charge is 0.343 e. The first-order valence-corrected chi connectivity index (χ1v) is 7.15. The average molecular weight is 275 g/mol. The summed E-state index contributed by atoms with van der Waals surface area (Å²) < 4.78 is 0. The van der Waals surface area contributed by atoms with Crippen LogP contribution in [0.5, 0.6) is 0 Å². The van der Waals surface area contributed by atoms with Crippen LogP contribution in [0, 0.1) is 17.8 Å². The van der Waals surface area contributed by atoms with Crippen molar-refractivity contribution in [1.29, 1.82) is 0 Å². The lowest BCUT2D eigenvalue weighted by Gasteiger charge is -2.34. The maximum atomic E-state index is 12.1. The number of hydrogen-bond acceptors (Lipinski definition) is 2. The molecule has 1 amide bonds. The number of hydrogen-bond donors (Lipinski definition) is 1. The van der Waals surface area contributed by atoms with Gasteiger partial charge in [-0.1, -0.05) is 13.8 Å². The molecule has 1 N–H and O–H groups in total. The predicted octanol–water partition coefficient (Wildman–Crippen LogP) is 2.30. The Hall–Kier alpha value is -0.280. The van der Waals surface area contributed by atoms with Crippen LogP contribution in [-0.4, -0.2) is 37.0 Å². The van der Waals surface area contributed by atoms with Gasteiger partial charge in [0.05, 0.1) is 0 Å². The van der Waals surface area contributed by atoms with E-state index in [9.17, 15) is 4.79 Å². The van der Waals surface area contributed by atoms with E-state index in [4.69, 9.17) is 0 Å². The number of halogens is 1. The molecule has 0 aromatic heterocycles. The maximum absolute atomic E-state index is 12.1. The van der Waals surface area contributed by atoms with Crippen molar-refractivity contribution >= 4 is 18.3 Å². The third-order valence-electron chi connectivity index (χ3n) is 4.46. The second kappa shape index (κ2) is 7.34. The topological polar surface area (TPSA) is 32.3 Å². The zero-order chi connectivity index (χ0) is 12.3. The molecule has 0 spiro atoms. The normalized spacial score (nSPS) is 25.3. The van der Waals surface area contributed by atoms with Crippen LogP contribution in [0.25, 0.3) is 0 Å². The van der Waals surface area contributed by atoms with Crippen molar-refractivity contribution in [2.75, 3.05) is 26.2 Å². The highest BCUT2D eigenvalue weighted by atomic mass is 35.5. The van der Waals surface area contributed by atoms with E-state index >= 15 is 0 Å². The van der Waals surface area contributed by atoms with Gasteiger partial charge in [-0.3, -0.25) is 4.79 Å². The molecule has 2 aliphatic heterocycles. The fraction of sp³-hybridized carbons (Fsp3) is 0.929. The highest BCUT2D eigenvalue weighted by Crippen LogP contribution is 2.25. The van der Waals surface area contributed by atoms with Gasteiger partial charge in [0.2, 0.25) is 5.91 Å². The monoisotopic (exact) mass is 274 g/mol. The van der Waals surface area contributed by atoms with E-state index in [1.807, 2.05) is 0 Å². The van der Waals surface area contributed by atoms with Gasteiger partial charge in [-0.25, -0.2) is 0 Å². The molecule has 2 heterocycles. The summed E-state index contributed by atoms with van der Waals surface area (Å²) in [6, 6.07) is 0. The first kappa shape index (κ1) is 15.8. The zero-order valence-electron chi connectivity index (χ0n) is 11.7. The Kier molecular flexibility index (Phi) is 6.44. The number of rotatable bonds is 3. The van der Waals surface area contributed by atoms with Crippen molar-refractivity contribution in [3.05, 3.63) is 0 Å². The van der Waals surface area contributed by atoms with E-state index in [0.29, 0.717) is 11.8 Å². The quantitative estimate of drug-likeness (QED) is 0.857. The Labute approximate surface area is 117 Å². The third-order valence-corrected chi connectivity index (χ3v) is 4.46. The van der Waals surface area contributed by atoms with E-state index in [0.717, 1.165) is 44.4 Å². The Morgan fingerprint density at radius 2 is 1.94 bits per heavy atom. The Balaban J connectivity index is 0.00000162. The van der Waals surface area contributed by atoms with Crippen LogP contribution < -0.4 is 5.32 Å². The summed E-state index contributed by atoms with van der Waals surface area (Å²) in [5.74, 6) is 2.57. The van der Waals surface area contributed by atoms with Crippen LogP contribution in [0.1, 0.15) is 39.5 Å². The summed E-state index contributed by atoms with van der Waals surface area (Å²) in [6.07, 6.45) is 4.34. The van der Waals surface area contributed by atoms with Gasteiger partial charge in [0, 0.05) is 19.5 Å². The lowest BCUT2D eigenvalue weighted by Crippen LogP contribution is -2.40. The fourth-order valence-corrected chi connectivity index (χ4v) is 3.08. The molecule has 0 aromatic carbocycles. The molecule has 4 heteroatoms. The molecule has 0 bridgehead atoms. The number of piperidine rings is 1. The molecule has 18 heavy (non-hydrogen) atoms. The van der Waals surface area contributed by atoms with Gasteiger partial charge in [0.15, 0.2) is 0 Å². The van der Waals surface area contributed by atoms with Crippen LogP contribution in [0.4, 0.5) is 0 Å². The lowest BCUT2D eigenvalue weighted by molar-refractivity contribution is -0.133. The van der Waals surface area contributed by atoms with Gasteiger partial charge in [-0.2, -0.15) is 0 Å². The Bertz CT molecular complexity index is 257. The van der Waals surface area contributed by atoms with Crippen molar-refractivity contribution in [2.24, 2.45) is 17.8 Å². The summed E-state index contributed by atoms with van der Waals surface area (Å²) in [4.78, 5) is 14.2. The van der Waals surface area contributed by atoms with Gasteiger partial charge < -0.3 is 10.2 Å². The molecule has 2 aliphatic rings. The van der Waals surface area contributed by atoms with Crippen LogP contribution in [0.15, 0.2) is 0 Å². The molecule has 2 fully saturated rings. The van der Waals surface area contributed by atoms with Crippen molar-refractivity contribution in [1.82, 2.24) is 10.2 Å². The second-order valence-corrected chi connectivity index (χ2v) is 6.03. The highest BCUT2D eigenvalue weighted by molar-refractivity contribution is 5.85. The number of amides is 1. The molecule has 0 aromatic rings. The predicted molar refractivity (Wildman–Crippen MR) is 77.0 cm³/mol. The zero-order valence-corrected chi connectivity index (χ0v) is 12.5. The van der Waals surface area contributed by atoms with Crippen LogP contribution in [0.3, 0.4) is 0 Å². The Morgan fingerprint density at radius 3 is 2.44 bits per heavy atom. The van der Waals surface area contributed by atoms with E-state index in [2.05, 4.69) is 24.1 Å². The van der Waals surface area contributed by atoms with Crippen LogP contribution in [0.2, 0.25) is 0 Å². The number of carbonyl (C=O) groups is 1. The molecule has 106 valence electrons. The molecule has 2 saturated heterocycles.